The Kier molecular flexibility index (Phi) is 4.36. The van der Waals surface area contributed by atoms with Crippen LogP contribution in [-0.2, 0) is 9.63 Å². The maximum atomic E-state index is 11.7. The number of nitrogens with one attached hydrogen (secondary N) is 1. The molecular weight excluding hydrogens is 220 g/mol. The molecule has 1 unspecified atom stereocenters. The Balaban J connectivity index is 1.67. The van der Waals surface area contributed by atoms with Gasteiger partial charge in [-0.05, 0) is 31.6 Å². The molecule has 2 N–H and O–H groups in total. The third-order valence-corrected chi connectivity index (χ3v) is 3.56. The van der Waals surface area contributed by atoms with Gasteiger partial charge in [0.05, 0.1) is 19.3 Å². The summed E-state index contributed by atoms with van der Waals surface area (Å²) in [7, 11) is 0. The van der Waals surface area contributed by atoms with E-state index in [2.05, 4.69) is 12.2 Å². The number of rotatable bonds is 3. The van der Waals surface area contributed by atoms with Crippen LogP contribution in [0.25, 0.3) is 0 Å². The van der Waals surface area contributed by atoms with E-state index >= 15 is 0 Å². The van der Waals surface area contributed by atoms with Gasteiger partial charge in [0.25, 0.3) is 0 Å². The van der Waals surface area contributed by atoms with Crippen molar-refractivity contribution in [3.63, 3.8) is 0 Å². The molecule has 1 aliphatic carbocycles. The highest BCUT2D eigenvalue weighted by molar-refractivity contribution is 5.78. The van der Waals surface area contributed by atoms with Gasteiger partial charge in [-0.2, -0.15) is 5.06 Å². The maximum absolute atomic E-state index is 11.7. The zero-order valence-electron chi connectivity index (χ0n) is 10.4. The van der Waals surface area contributed by atoms with Crippen LogP contribution in [0.5, 0.6) is 0 Å². The van der Waals surface area contributed by atoms with Crippen molar-refractivity contribution in [3.8, 4) is 0 Å². The van der Waals surface area contributed by atoms with Crippen molar-refractivity contribution in [3.05, 3.63) is 0 Å². The predicted molar refractivity (Wildman–Crippen MR) is 63.1 cm³/mol. The fourth-order valence-electron chi connectivity index (χ4n) is 2.48. The summed E-state index contributed by atoms with van der Waals surface area (Å²) in [6.07, 6.45) is 4.10. The lowest BCUT2D eigenvalue weighted by molar-refractivity contribution is -0.143. The highest BCUT2D eigenvalue weighted by Crippen LogP contribution is 2.23. The number of aliphatic hydroxyl groups excluding tert-OH is 1. The molecule has 2 aliphatic rings. The Bertz CT molecular complexity index is 264. The number of aliphatic hydroxyl groups is 1. The van der Waals surface area contributed by atoms with E-state index in [0.29, 0.717) is 19.2 Å². The Hall–Kier alpha value is -0.650. The summed E-state index contributed by atoms with van der Waals surface area (Å²) >= 11 is 0. The van der Waals surface area contributed by atoms with Crippen molar-refractivity contribution < 1.29 is 14.7 Å². The van der Waals surface area contributed by atoms with Gasteiger partial charge in [-0.15, -0.1) is 0 Å². The number of hydrogen-bond donors (Lipinski definition) is 2. The van der Waals surface area contributed by atoms with Crippen LogP contribution in [0.2, 0.25) is 0 Å². The lowest BCUT2D eigenvalue weighted by Crippen LogP contribution is -2.42. The largest absolute Gasteiger partial charge is 0.389 e. The van der Waals surface area contributed by atoms with Crippen LogP contribution in [-0.4, -0.2) is 47.9 Å². The monoisotopic (exact) mass is 242 g/mol. The smallest absolute Gasteiger partial charge is 0.236 e. The number of nitrogens with zero attached hydrogens (tertiary/aromatic N) is 1. The van der Waals surface area contributed by atoms with Crippen molar-refractivity contribution >= 4 is 5.91 Å². The normalized spacial score (nSPS) is 34.8. The van der Waals surface area contributed by atoms with Crippen molar-refractivity contribution in [2.75, 3.05) is 19.7 Å². The minimum atomic E-state index is -0.460. The van der Waals surface area contributed by atoms with Crippen LogP contribution in [0.1, 0.15) is 32.6 Å². The van der Waals surface area contributed by atoms with E-state index in [1.807, 2.05) is 0 Å². The molecule has 2 rings (SSSR count). The first-order valence-corrected chi connectivity index (χ1v) is 6.49. The first kappa shape index (κ1) is 12.8. The molecule has 98 valence electrons. The Morgan fingerprint density at radius 2 is 2.12 bits per heavy atom. The highest BCUT2D eigenvalue weighted by Gasteiger charge is 2.25. The molecule has 1 saturated heterocycles. The Morgan fingerprint density at radius 3 is 2.71 bits per heavy atom. The highest BCUT2D eigenvalue weighted by atomic mass is 16.7. The third-order valence-electron chi connectivity index (χ3n) is 3.56. The van der Waals surface area contributed by atoms with Crippen LogP contribution in [0.4, 0.5) is 0 Å². The van der Waals surface area contributed by atoms with E-state index < -0.39 is 6.10 Å². The van der Waals surface area contributed by atoms with Crippen molar-refractivity contribution in [2.24, 2.45) is 5.92 Å². The van der Waals surface area contributed by atoms with Gasteiger partial charge < -0.3 is 10.4 Å². The zero-order valence-corrected chi connectivity index (χ0v) is 10.4. The second-order valence-electron chi connectivity index (χ2n) is 5.30. The van der Waals surface area contributed by atoms with Gasteiger partial charge in [-0.1, -0.05) is 6.92 Å². The number of hydrogen-bond acceptors (Lipinski definition) is 4. The molecule has 0 bridgehead atoms. The molecule has 5 heteroatoms. The van der Waals surface area contributed by atoms with Crippen molar-refractivity contribution in [2.45, 2.75) is 44.8 Å². The summed E-state index contributed by atoms with van der Waals surface area (Å²) in [5.74, 6) is 0.791. The van der Waals surface area contributed by atoms with Gasteiger partial charge in [0.2, 0.25) is 5.91 Å². The predicted octanol–water partition coefficient (Wildman–Crippen LogP) is 0.289. The minimum absolute atomic E-state index is 0.00125. The molecule has 17 heavy (non-hydrogen) atoms. The van der Waals surface area contributed by atoms with E-state index in [9.17, 15) is 9.90 Å². The lowest BCUT2D eigenvalue weighted by Gasteiger charge is -2.27. The van der Waals surface area contributed by atoms with Gasteiger partial charge in [0, 0.05) is 6.04 Å². The average Bonchev–Trinajstić information content (AvgIpc) is 2.67. The van der Waals surface area contributed by atoms with E-state index in [0.717, 1.165) is 18.8 Å². The molecule has 1 heterocycles. The number of carbonyl (C=O) groups excluding carboxylic acids is 1. The van der Waals surface area contributed by atoms with E-state index in [1.54, 1.807) is 0 Å². The summed E-state index contributed by atoms with van der Waals surface area (Å²) in [6, 6.07) is 0.325. The second kappa shape index (κ2) is 5.80. The van der Waals surface area contributed by atoms with Crippen molar-refractivity contribution in [1.82, 2.24) is 10.4 Å². The summed E-state index contributed by atoms with van der Waals surface area (Å²) < 4.78 is 0. The standard InChI is InChI=1S/C12H22N2O3/c1-9-2-4-10(5-3-9)13-12(16)7-14-6-11(15)8-17-14/h9-11,15H,2-8H2,1H3,(H,13,16). The summed E-state index contributed by atoms with van der Waals surface area (Å²) in [6.45, 7) is 3.21. The van der Waals surface area contributed by atoms with Crippen molar-refractivity contribution in [1.29, 1.82) is 0 Å². The minimum Gasteiger partial charge on any atom is -0.389 e. The summed E-state index contributed by atoms with van der Waals surface area (Å²) in [5.41, 5.74) is 0. The fourth-order valence-corrected chi connectivity index (χ4v) is 2.48. The fraction of sp³-hybridized carbons (Fsp3) is 0.917. The number of β-amino-alcohol motifs (C(OH)–C–C–N with tert-alkyl or cyclic N) is 1. The quantitative estimate of drug-likeness (QED) is 0.746. The van der Waals surface area contributed by atoms with E-state index in [-0.39, 0.29) is 12.5 Å². The molecule has 5 nitrogen and oxygen atoms in total. The molecule has 1 saturated carbocycles. The molecule has 1 aliphatic heterocycles. The Morgan fingerprint density at radius 1 is 1.41 bits per heavy atom. The van der Waals surface area contributed by atoms with Crippen LogP contribution in [0.3, 0.4) is 0 Å². The SMILES string of the molecule is CC1CCC(NC(=O)CN2CC(O)CO2)CC1. The first-order chi connectivity index (χ1) is 8.13. The van der Waals surface area contributed by atoms with Crippen LogP contribution in [0, 0.1) is 5.92 Å². The Labute approximate surface area is 102 Å². The average molecular weight is 242 g/mol. The molecule has 0 spiro atoms. The van der Waals surface area contributed by atoms with E-state index in [4.69, 9.17) is 4.84 Å². The molecule has 0 radical (unpaired) electrons. The first-order valence-electron chi connectivity index (χ1n) is 6.49. The summed E-state index contributed by atoms with van der Waals surface area (Å²) in [4.78, 5) is 16.9. The number of hydroxylamine groups is 2. The lowest BCUT2D eigenvalue weighted by atomic mass is 9.87. The van der Waals surface area contributed by atoms with Gasteiger partial charge in [-0.3, -0.25) is 9.63 Å². The molecular formula is C12H22N2O3. The maximum Gasteiger partial charge on any atom is 0.236 e. The number of carbonyl (C=O) groups is 1. The zero-order chi connectivity index (χ0) is 12.3. The van der Waals surface area contributed by atoms with E-state index in [1.165, 1.54) is 17.9 Å². The molecule has 0 aromatic rings. The number of amides is 1. The molecule has 0 aromatic heterocycles. The van der Waals surface area contributed by atoms with Gasteiger partial charge in [0.15, 0.2) is 0 Å². The van der Waals surface area contributed by atoms with Crippen LogP contribution in [0.15, 0.2) is 0 Å². The van der Waals surface area contributed by atoms with Crippen LogP contribution < -0.4 is 5.32 Å². The van der Waals surface area contributed by atoms with Gasteiger partial charge in [-0.25, -0.2) is 0 Å². The van der Waals surface area contributed by atoms with Gasteiger partial charge in [0.1, 0.15) is 6.54 Å². The summed E-state index contributed by atoms with van der Waals surface area (Å²) in [5, 5.41) is 13.8. The second-order valence-corrected chi connectivity index (χ2v) is 5.30. The van der Waals surface area contributed by atoms with Crippen LogP contribution >= 0.6 is 0 Å². The molecule has 0 aromatic carbocycles. The molecule has 2 fully saturated rings. The van der Waals surface area contributed by atoms with Gasteiger partial charge >= 0.3 is 0 Å². The third kappa shape index (κ3) is 3.94. The topological polar surface area (TPSA) is 61.8 Å². The molecule has 1 amide bonds. The molecule has 1 atom stereocenters.